The third-order valence-electron chi connectivity index (χ3n) is 4.15. The summed E-state index contributed by atoms with van der Waals surface area (Å²) in [6, 6.07) is 8.88. The summed E-state index contributed by atoms with van der Waals surface area (Å²) in [5.41, 5.74) is 3.64. The van der Waals surface area contributed by atoms with Gasteiger partial charge in [-0.15, -0.1) is 12.4 Å². The van der Waals surface area contributed by atoms with Crippen LogP contribution in [0.1, 0.15) is 34.1 Å². The van der Waals surface area contributed by atoms with Crippen molar-refractivity contribution < 1.29 is 9.53 Å². The van der Waals surface area contributed by atoms with Crippen LogP contribution < -0.4 is 10.1 Å². The molecule has 1 aliphatic rings. The molecule has 0 saturated carbocycles. The van der Waals surface area contributed by atoms with E-state index in [1.165, 1.54) is 0 Å². The summed E-state index contributed by atoms with van der Waals surface area (Å²) in [7, 11) is 2.07. The van der Waals surface area contributed by atoms with Gasteiger partial charge in [0, 0.05) is 30.8 Å². The number of anilines is 1. The molecule has 0 aliphatic carbocycles. The second-order valence-corrected chi connectivity index (χ2v) is 6.03. The van der Waals surface area contributed by atoms with Gasteiger partial charge in [-0.05, 0) is 43.8 Å². The van der Waals surface area contributed by atoms with Crippen LogP contribution in [-0.4, -0.2) is 36.0 Å². The molecular weight excluding hydrogens is 352 g/mol. The molecule has 136 valence electrons. The fourth-order valence-electron chi connectivity index (χ4n) is 2.88. The number of aromatic nitrogens is 1. The molecule has 0 radical (unpaired) electrons. The highest BCUT2D eigenvalue weighted by atomic mass is 35.5. The maximum atomic E-state index is 12.5. The van der Waals surface area contributed by atoms with E-state index in [4.69, 9.17) is 4.74 Å². The first kappa shape index (κ1) is 19.7. The number of carbonyl (C=O) groups is 1. The van der Waals surface area contributed by atoms with E-state index in [2.05, 4.69) is 28.3 Å². The van der Waals surface area contributed by atoms with Crippen LogP contribution in [0.3, 0.4) is 0 Å². The molecule has 0 unspecified atom stereocenters. The standard InChI is InChI=1S/C19H20N4O2.ClH/c1-3-25-18-5-4-13(8-14(18)10-20)19(24)22-16-9-15-12-23(2)7-6-17(15)21-11-16;/h4-5,8-9,11H,3,6-7,12H2,1-2H3,(H,22,24);1H. The van der Waals surface area contributed by atoms with Gasteiger partial charge in [-0.1, -0.05) is 0 Å². The lowest BCUT2D eigenvalue weighted by Crippen LogP contribution is -2.27. The van der Waals surface area contributed by atoms with Crippen LogP contribution in [0.5, 0.6) is 5.75 Å². The first-order chi connectivity index (χ1) is 12.1. The monoisotopic (exact) mass is 372 g/mol. The minimum absolute atomic E-state index is 0. The van der Waals surface area contributed by atoms with Crippen molar-refractivity contribution in [3.8, 4) is 11.8 Å². The fraction of sp³-hybridized carbons (Fsp3) is 0.316. The number of nitrogens with zero attached hydrogens (tertiary/aromatic N) is 3. The molecular formula is C19H21ClN4O2. The van der Waals surface area contributed by atoms with Crippen LogP contribution >= 0.6 is 12.4 Å². The average molecular weight is 373 g/mol. The Morgan fingerprint density at radius 2 is 2.23 bits per heavy atom. The molecule has 6 nitrogen and oxygen atoms in total. The molecule has 1 N–H and O–H groups in total. The van der Waals surface area contributed by atoms with E-state index in [1.807, 2.05) is 13.0 Å². The minimum Gasteiger partial charge on any atom is -0.492 e. The predicted molar refractivity (Wildman–Crippen MR) is 102 cm³/mol. The number of nitrogens with one attached hydrogen (secondary N) is 1. The predicted octanol–water partition coefficient (Wildman–Crippen LogP) is 3.01. The van der Waals surface area contributed by atoms with E-state index < -0.39 is 0 Å². The molecule has 26 heavy (non-hydrogen) atoms. The number of pyridine rings is 1. The van der Waals surface area contributed by atoms with Gasteiger partial charge in [0.15, 0.2) is 0 Å². The Kier molecular flexibility index (Phi) is 6.56. The summed E-state index contributed by atoms with van der Waals surface area (Å²) in [6.45, 7) is 4.14. The zero-order valence-corrected chi connectivity index (χ0v) is 15.6. The van der Waals surface area contributed by atoms with Crippen LogP contribution in [0, 0.1) is 11.3 Å². The van der Waals surface area contributed by atoms with Gasteiger partial charge in [0.25, 0.3) is 5.91 Å². The van der Waals surface area contributed by atoms with Crippen molar-refractivity contribution in [1.82, 2.24) is 9.88 Å². The molecule has 1 aliphatic heterocycles. The Bertz CT molecular complexity index is 848. The molecule has 7 heteroatoms. The van der Waals surface area contributed by atoms with E-state index in [-0.39, 0.29) is 18.3 Å². The van der Waals surface area contributed by atoms with Crippen LogP contribution in [0.15, 0.2) is 30.5 Å². The fourth-order valence-corrected chi connectivity index (χ4v) is 2.88. The molecule has 2 aromatic rings. The second-order valence-electron chi connectivity index (χ2n) is 6.03. The highest BCUT2D eigenvalue weighted by molar-refractivity contribution is 6.04. The Labute approximate surface area is 159 Å². The molecule has 0 spiro atoms. The highest BCUT2D eigenvalue weighted by Gasteiger charge is 2.16. The molecule has 0 saturated heterocycles. The van der Waals surface area contributed by atoms with Crippen molar-refractivity contribution >= 4 is 24.0 Å². The second kappa shape index (κ2) is 8.65. The van der Waals surface area contributed by atoms with Crippen LogP contribution in [0.2, 0.25) is 0 Å². The summed E-state index contributed by atoms with van der Waals surface area (Å²) < 4.78 is 5.38. The van der Waals surface area contributed by atoms with E-state index in [1.54, 1.807) is 24.4 Å². The molecule has 1 aromatic heterocycles. The van der Waals surface area contributed by atoms with Crippen molar-refractivity contribution in [2.45, 2.75) is 19.9 Å². The highest BCUT2D eigenvalue weighted by Crippen LogP contribution is 2.22. The third-order valence-corrected chi connectivity index (χ3v) is 4.15. The van der Waals surface area contributed by atoms with E-state index >= 15 is 0 Å². The molecule has 1 amide bonds. The zero-order chi connectivity index (χ0) is 17.8. The number of ether oxygens (including phenoxy) is 1. The summed E-state index contributed by atoms with van der Waals surface area (Å²) in [5, 5.41) is 12.1. The van der Waals surface area contributed by atoms with Crippen molar-refractivity contribution in [2.24, 2.45) is 0 Å². The van der Waals surface area contributed by atoms with Gasteiger partial charge < -0.3 is 15.0 Å². The number of carbonyl (C=O) groups excluding carboxylic acids is 1. The van der Waals surface area contributed by atoms with Gasteiger partial charge >= 0.3 is 0 Å². The number of rotatable bonds is 4. The summed E-state index contributed by atoms with van der Waals surface area (Å²) in [5.74, 6) is 0.213. The Hall–Kier alpha value is -2.62. The number of hydrogen-bond acceptors (Lipinski definition) is 5. The first-order valence-electron chi connectivity index (χ1n) is 8.25. The molecule has 1 aromatic carbocycles. The number of nitriles is 1. The third kappa shape index (κ3) is 4.31. The van der Waals surface area contributed by atoms with Gasteiger partial charge in [-0.25, -0.2) is 0 Å². The first-order valence-corrected chi connectivity index (χ1v) is 8.25. The quantitative estimate of drug-likeness (QED) is 0.892. The van der Waals surface area contributed by atoms with Gasteiger partial charge in [-0.2, -0.15) is 5.26 Å². The lowest BCUT2D eigenvalue weighted by molar-refractivity contribution is 0.102. The van der Waals surface area contributed by atoms with Gasteiger partial charge in [-0.3, -0.25) is 9.78 Å². The van der Waals surface area contributed by atoms with Gasteiger partial charge in [0.2, 0.25) is 0 Å². The van der Waals surface area contributed by atoms with Crippen molar-refractivity contribution in [3.63, 3.8) is 0 Å². The van der Waals surface area contributed by atoms with Crippen molar-refractivity contribution in [2.75, 3.05) is 25.5 Å². The number of amides is 1. The number of fused-ring (bicyclic) bond motifs is 1. The van der Waals surface area contributed by atoms with Crippen LogP contribution in [0.4, 0.5) is 5.69 Å². The number of hydrogen-bond donors (Lipinski definition) is 1. The smallest absolute Gasteiger partial charge is 0.255 e. The number of likely N-dealkylation sites (N-methyl/N-ethyl adjacent to an activating group) is 1. The Morgan fingerprint density at radius 1 is 1.42 bits per heavy atom. The van der Waals surface area contributed by atoms with Crippen molar-refractivity contribution in [1.29, 1.82) is 5.26 Å². The number of benzene rings is 1. The normalized spacial score (nSPS) is 13.1. The number of halogens is 1. The maximum Gasteiger partial charge on any atom is 0.255 e. The molecule has 0 bridgehead atoms. The summed E-state index contributed by atoms with van der Waals surface area (Å²) >= 11 is 0. The largest absolute Gasteiger partial charge is 0.492 e. The lowest BCUT2D eigenvalue weighted by Gasteiger charge is -2.24. The summed E-state index contributed by atoms with van der Waals surface area (Å²) in [4.78, 5) is 19.2. The van der Waals surface area contributed by atoms with Gasteiger partial charge in [0.1, 0.15) is 11.8 Å². The van der Waals surface area contributed by atoms with E-state index in [9.17, 15) is 10.1 Å². The molecule has 0 fully saturated rings. The van der Waals surface area contributed by atoms with Gasteiger partial charge in [0.05, 0.1) is 24.1 Å². The topological polar surface area (TPSA) is 78.2 Å². The maximum absolute atomic E-state index is 12.5. The molecule has 3 rings (SSSR count). The van der Waals surface area contributed by atoms with E-state index in [0.29, 0.717) is 29.2 Å². The molecule has 2 heterocycles. The SMILES string of the molecule is CCOc1ccc(C(=O)Nc2cnc3c(c2)CN(C)CC3)cc1C#N.Cl. The van der Waals surface area contributed by atoms with Crippen LogP contribution in [-0.2, 0) is 13.0 Å². The Balaban J connectivity index is 0.00000243. The summed E-state index contributed by atoms with van der Waals surface area (Å²) in [6.07, 6.45) is 2.60. The van der Waals surface area contributed by atoms with Crippen LogP contribution in [0.25, 0.3) is 0 Å². The minimum atomic E-state index is -0.273. The Morgan fingerprint density at radius 3 is 2.96 bits per heavy atom. The zero-order valence-electron chi connectivity index (χ0n) is 14.8. The van der Waals surface area contributed by atoms with Crippen molar-refractivity contribution in [3.05, 3.63) is 52.8 Å². The average Bonchev–Trinajstić information content (AvgIpc) is 2.61. The van der Waals surface area contributed by atoms with E-state index in [0.717, 1.165) is 30.8 Å². The molecule has 0 atom stereocenters. The lowest BCUT2D eigenvalue weighted by atomic mass is 10.1.